The van der Waals surface area contributed by atoms with Crippen LogP contribution < -0.4 is 10.4 Å². The number of halogens is 3. The number of fused-ring (bicyclic) bond motifs is 3. The van der Waals surface area contributed by atoms with Crippen LogP contribution in [0.4, 0.5) is 13.2 Å². The number of pyridine rings is 1. The van der Waals surface area contributed by atoms with E-state index in [9.17, 15) is 32.7 Å². The van der Waals surface area contributed by atoms with E-state index in [0.29, 0.717) is 13.0 Å². The topological polar surface area (TPSA) is 82.8 Å². The lowest BCUT2D eigenvalue weighted by atomic mass is 10.0. The summed E-state index contributed by atoms with van der Waals surface area (Å²) in [7, 11) is 0. The van der Waals surface area contributed by atoms with Crippen LogP contribution >= 0.6 is 0 Å². The summed E-state index contributed by atoms with van der Waals surface area (Å²) >= 11 is 0. The van der Waals surface area contributed by atoms with E-state index in [-0.39, 0.29) is 36.1 Å². The highest BCUT2D eigenvalue weighted by Crippen LogP contribution is 2.39. The number of hydrogen-bond donors (Lipinski definition) is 1. The van der Waals surface area contributed by atoms with Gasteiger partial charge in [0.1, 0.15) is 24.0 Å². The molecule has 1 aliphatic carbocycles. The predicted octanol–water partition coefficient (Wildman–Crippen LogP) is 2.66. The lowest BCUT2D eigenvalue weighted by Gasteiger charge is -2.49. The van der Waals surface area contributed by atoms with Crippen molar-refractivity contribution in [2.45, 2.75) is 56.9 Å². The molecule has 2 fully saturated rings. The quantitative estimate of drug-likeness (QED) is 0.693. The third-order valence-corrected chi connectivity index (χ3v) is 6.62. The molecular weight excluding hydrogens is 439 g/mol. The van der Waals surface area contributed by atoms with Gasteiger partial charge in [-0.05, 0) is 37.3 Å². The van der Waals surface area contributed by atoms with Crippen LogP contribution in [-0.4, -0.2) is 51.3 Å². The molecule has 0 radical (unpaired) electrons. The summed E-state index contributed by atoms with van der Waals surface area (Å²) in [4.78, 5) is 40.2. The number of aryl methyl sites for hydroxylation is 1. The molecule has 2 aliphatic heterocycles. The third-order valence-electron chi connectivity index (χ3n) is 6.62. The van der Waals surface area contributed by atoms with Crippen molar-refractivity contribution in [2.24, 2.45) is 0 Å². The number of rotatable bonds is 5. The first-order valence-corrected chi connectivity index (χ1v) is 11.0. The predicted molar refractivity (Wildman–Crippen MR) is 112 cm³/mol. The molecule has 10 heteroatoms. The summed E-state index contributed by atoms with van der Waals surface area (Å²) < 4.78 is 42.2. The van der Waals surface area contributed by atoms with Gasteiger partial charge in [-0.3, -0.25) is 24.1 Å². The van der Waals surface area contributed by atoms with Crippen molar-refractivity contribution in [3.63, 3.8) is 0 Å². The number of Topliss-reactive ketones (excluding diaryl/α,β-unsaturated/α-hetero) is 1. The van der Waals surface area contributed by atoms with Crippen molar-refractivity contribution in [2.75, 3.05) is 11.6 Å². The Kier molecular flexibility index (Phi) is 5.18. The second-order valence-corrected chi connectivity index (χ2v) is 8.74. The Balaban J connectivity index is 1.49. The molecule has 3 atom stereocenters. The molecule has 174 valence electrons. The molecule has 1 N–H and O–H groups in total. The van der Waals surface area contributed by atoms with E-state index in [1.807, 2.05) is 0 Å². The molecule has 1 aromatic heterocycles. The van der Waals surface area contributed by atoms with E-state index in [4.69, 9.17) is 0 Å². The van der Waals surface area contributed by atoms with Gasteiger partial charge >= 0.3 is 0 Å². The fraction of sp³-hybridized carbons (Fsp3) is 0.435. The molecular formula is C23H22F3N3O4. The Bertz CT molecular complexity index is 1210. The molecule has 1 amide bonds. The summed E-state index contributed by atoms with van der Waals surface area (Å²) in [6, 6.07) is 2.45. The molecule has 0 unspecified atom stereocenters. The van der Waals surface area contributed by atoms with Gasteiger partial charge in [0.25, 0.3) is 5.91 Å². The molecule has 1 saturated carbocycles. The highest BCUT2D eigenvalue weighted by Gasteiger charge is 2.52. The highest BCUT2D eigenvalue weighted by molar-refractivity contribution is 6.00. The first-order valence-electron chi connectivity index (χ1n) is 11.0. The van der Waals surface area contributed by atoms with Gasteiger partial charge in [0.2, 0.25) is 5.43 Å². The van der Waals surface area contributed by atoms with Gasteiger partial charge in [-0.15, -0.1) is 0 Å². The van der Waals surface area contributed by atoms with E-state index < -0.39 is 52.9 Å². The van der Waals surface area contributed by atoms with Crippen LogP contribution in [-0.2, 0) is 6.42 Å². The zero-order valence-corrected chi connectivity index (χ0v) is 17.6. The number of alkyl halides is 1. The Labute approximate surface area is 187 Å². The maximum Gasteiger partial charge on any atom is 0.278 e. The fourth-order valence-electron chi connectivity index (χ4n) is 4.80. The van der Waals surface area contributed by atoms with Crippen molar-refractivity contribution < 1.29 is 27.9 Å². The molecule has 3 heterocycles. The molecule has 2 aromatic rings. The Hall–Kier alpha value is -3.30. The summed E-state index contributed by atoms with van der Waals surface area (Å²) in [6.45, 7) is 0.502. The zero-order chi connectivity index (χ0) is 23.4. The van der Waals surface area contributed by atoms with Crippen LogP contribution in [0.15, 0.2) is 29.2 Å². The number of hydrogen-bond acceptors (Lipinski definition) is 5. The number of nitrogens with zero attached hydrogens (tertiary/aromatic N) is 3. The lowest BCUT2D eigenvalue weighted by molar-refractivity contribution is 0.0471. The van der Waals surface area contributed by atoms with Crippen LogP contribution in [0.5, 0.6) is 5.75 Å². The van der Waals surface area contributed by atoms with E-state index in [0.717, 1.165) is 25.0 Å². The summed E-state index contributed by atoms with van der Waals surface area (Å²) in [5, 5.41) is 12.4. The summed E-state index contributed by atoms with van der Waals surface area (Å²) in [5.41, 5.74) is -1.47. The van der Waals surface area contributed by atoms with Crippen LogP contribution in [0.2, 0.25) is 0 Å². The first kappa shape index (κ1) is 21.5. The van der Waals surface area contributed by atoms with Gasteiger partial charge in [0.15, 0.2) is 17.2 Å². The van der Waals surface area contributed by atoms with Gasteiger partial charge < -0.3 is 10.0 Å². The number of carbonyl (C=O) groups is 2. The van der Waals surface area contributed by atoms with Gasteiger partial charge in [-0.25, -0.2) is 13.2 Å². The Morgan fingerprint density at radius 3 is 2.64 bits per heavy atom. The van der Waals surface area contributed by atoms with Crippen molar-refractivity contribution in [3.8, 4) is 5.75 Å². The number of amides is 1. The second kappa shape index (κ2) is 7.93. The maximum absolute atomic E-state index is 13.9. The minimum absolute atomic E-state index is 0.0640. The highest BCUT2D eigenvalue weighted by atomic mass is 19.1. The van der Waals surface area contributed by atoms with E-state index in [2.05, 4.69) is 0 Å². The van der Waals surface area contributed by atoms with E-state index >= 15 is 0 Å². The number of aromatic hydroxyl groups is 1. The minimum atomic E-state index is -1.13. The van der Waals surface area contributed by atoms with Gasteiger partial charge in [-0.1, -0.05) is 6.07 Å². The largest absolute Gasteiger partial charge is 0.502 e. The van der Waals surface area contributed by atoms with Crippen molar-refractivity contribution in [3.05, 3.63) is 63.1 Å². The standard InChI is InChI=1S/C23H22F3N3O4/c24-13-6-4-12(15(25)9-13)5-7-18(30)14-11-28-20(22(32)21(14)31)23(33)29(17-10-16(17)26)19-3-1-2-8-27(19)28/h4,6,9,11,16-17,19,32H,1-3,5,7-8,10H2/t16-,17+,19+/m0/s1. The summed E-state index contributed by atoms with van der Waals surface area (Å²) in [6.07, 6.45) is 1.83. The average Bonchev–Trinajstić information content (AvgIpc) is 3.50. The van der Waals surface area contributed by atoms with Crippen LogP contribution in [0.3, 0.4) is 0 Å². The molecule has 3 aliphatic rings. The summed E-state index contributed by atoms with van der Waals surface area (Å²) in [5.74, 6) is -3.65. The molecule has 33 heavy (non-hydrogen) atoms. The SMILES string of the molecule is O=C(CCc1ccc(F)cc1F)c1cn2c(c(O)c1=O)C(=O)N([C@@H]1C[C@@H]1F)[C@@H]1CCCCN12. The normalized spacial score (nSPS) is 23.8. The number of aromatic nitrogens is 1. The number of ketones is 1. The van der Waals surface area contributed by atoms with Crippen LogP contribution in [0.1, 0.15) is 58.5 Å². The molecule has 7 nitrogen and oxygen atoms in total. The molecule has 1 aromatic carbocycles. The average molecular weight is 461 g/mol. The molecule has 1 saturated heterocycles. The monoisotopic (exact) mass is 461 g/mol. The Morgan fingerprint density at radius 1 is 1.18 bits per heavy atom. The fourth-order valence-corrected chi connectivity index (χ4v) is 4.80. The van der Waals surface area contributed by atoms with Gasteiger partial charge in [0, 0.05) is 31.6 Å². The van der Waals surface area contributed by atoms with Crippen molar-refractivity contribution in [1.82, 2.24) is 9.58 Å². The Morgan fingerprint density at radius 2 is 1.94 bits per heavy atom. The zero-order valence-electron chi connectivity index (χ0n) is 17.6. The number of piperidine rings is 1. The number of benzene rings is 1. The maximum atomic E-state index is 13.9. The lowest BCUT2D eigenvalue weighted by Crippen LogP contribution is -2.64. The van der Waals surface area contributed by atoms with E-state index in [1.54, 1.807) is 5.01 Å². The molecule has 5 rings (SSSR count). The first-order chi connectivity index (χ1) is 15.8. The molecule has 0 bridgehead atoms. The minimum Gasteiger partial charge on any atom is -0.502 e. The third kappa shape index (κ3) is 3.57. The van der Waals surface area contributed by atoms with Gasteiger partial charge in [0.05, 0.1) is 11.6 Å². The van der Waals surface area contributed by atoms with Crippen LogP contribution in [0, 0.1) is 11.6 Å². The second-order valence-electron chi connectivity index (χ2n) is 8.74. The van der Waals surface area contributed by atoms with Crippen LogP contribution in [0.25, 0.3) is 0 Å². The molecule has 0 spiro atoms. The van der Waals surface area contributed by atoms with Gasteiger partial charge in [-0.2, -0.15) is 0 Å². The van der Waals surface area contributed by atoms with Crippen molar-refractivity contribution in [1.29, 1.82) is 0 Å². The van der Waals surface area contributed by atoms with E-state index in [1.165, 1.54) is 21.8 Å². The van der Waals surface area contributed by atoms with Crippen molar-refractivity contribution >= 4 is 11.7 Å². The number of carbonyl (C=O) groups excluding carboxylic acids is 2. The smallest absolute Gasteiger partial charge is 0.278 e.